The van der Waals surface area contributed by atoms with Gasteiger partial charge in [0.05, 0.1) is 22.4 Å². The molecule has 0 radical (unpaired) electrons. The van der Waals surface area contributed by atoms with E-state index in [4.69, 9.17) is 11.1 Å². The van der Waals surface area contributed by atoms with Gasteiger partial charge in [-0.3, -0.25) is 10.1 Å². The molecule has 0 atom stereocenters. The lowest BCUT2D eigenvalue weighted by Crippen LogP contribution is -2.16. The largest absolute Gasteiger partial charge is 0.384 e. The summed E-state index contributed by atoms with van der Waals surface area (Å²) in [4.78, 5) is 0. The summed E-state index contributed by atoms with van der Waals surface area (Å²) in [7, 11) is 0. The number of nitrogens with two attached hydrogens (primary N) is 1. The first-order valence-corrected chi connectivity index (χ1v) is 6.51. The number of nitrogen functional groups attached to an aromatic ring is 1. The van der Waals surface area contributed by atoms with Crippen LogP contribution in [-0.2, 0) is 6.54 Å². The van der Waals surface area contributed by atoms with Crippen LogP contribution in [0.2, 0.25) is 0 Å². The zero-order chi connectivity index (χ0) is 14.2. The average molecular weight is 325 g/mol. The Morgan fingerprint density at radius 2 is 2.16 bits per heavy atom. The second-order valence-electron chi connectivity index (χ2n) is 4.36. The Labute approximate surface area is 119 Å². The number of aryl methyl sites for hydroxylation is 1. The summed E-state index contributed by atoms with van der Waals surface area (Å²) >= 11 is 3.46. The number of amidine groups is 1. The molecule has 100 valence electrons. The molecule has 3 N–H and O–H groups in total. The fraction of sp³-hybridized carbons (Fsp3) is 0.231. The molecule has 0 bridgehead atoms. The molecule has 0 saturated carbocycles. The molecule has 2 rings (SSSR count). The zero-order valence-electron chi connectivity index (χ0n) is 10.7. The van der Waals surface area contributed by atoms with Gasteiger partial charge in [-0.25, -0.2) is 4.39 Å². The van der Waals surface area contributed by atoms with Gasteiger partial charge in [0.1, 0.15) is 11.7 Å². The molecule has 2 aromatic rings. The summed E-state index contributed by atoms with van der Waals surface area (Å²) in [5, 5.41) is 11.9. The van der Waals surface area contributed by atoms with Gasteiger partial charge in [-0.2, -0.15) is 5.10 Å². The van der Waals surface area contributed by atoms with E-state index in [1.165, 1.54) is 12.1 Å². The van der Waals surface area contributed by atoms with Crippen LogP contribution in [0.4, 0.5) is 4.39 Å². The molecule has 0 aliphatic carbocycles. The van der Waals surface area contributed by atoms with E-state index in [9.17, 15) is 4.39 Å². The van der Waals surface area contributed by atoms with Crippen molar-refractivity contribution < 1.29 is 4.39 Å². The van der Waals surface area contributed by atoms with Crippen molar-refractivity contribution >= 4 is 21.8 Å². The molecule has 0 spiro atoms. The predicted octanol–water partition coefficient (Wildman–Crippen LogP) is 2.73. The fourth-order valence-electron chi connectivity index (χ4n) is 1.93. The number of hydrogen-bond donors (Lipinski definition) is 2. The van der Waals surface area contributed by atoms with Crippen LogP contribution >= 0.6 is 15.9 Å². The lowest BCUT2D eigenvalue weighted by atomic mass is 10.1. The first-order valence-electron chi connectivity index (χ1n) is 5.72. The third kappa shape index (κ3) is 2.68. The maximum atomic E-state index is 13.2. The highest BCUT2D eigenvalue weighted by molar-refractivity contribution is 9.10. The van der Waals surface area contributed by atoms with Gasteiger partial charge in [-0.1, -0.05) is 6.07 Å². The van der Waals surface area contributed by atoms with Crippen LogP contribution in [0.15, 0.2) is 22.7 Å². The third-order valence-corrected chi connectivity index (χ3v) is 4.12. The number of benzene rings is 1. The van der Waals surface area contributed by atoms with Gasteiger partial charge >= 0.3 is 0 Å². The van der Waals surface area contributed by atoms with E-state index < -0.39 is 5.82 Å². The van der Waals surface area contributed by atoms with Crippen molar-refractivity contribution in [3.63, 3.8) is 0 Å². The lowest BCUT2D eigenvalue weighted by Gasteiger charge is -2.10. The van der Waals surface area contributed by atoms with Crippen LogP contribution < -0.4 is 5.73 Å². The number of hydrogen-bond acceptors (Lipinski definition) is 2. The topological polar surface area (TPSA) is 67.7 Å². The minimum absolute atomic E-state index is 0.143. The Kier molecular flexibility index (Phi) is 3.71. The van der Waals surface area contributed by atoms with E-state index in [-0.39, 0.29) is 5.84 Å². The molecule has 19 heavy (non-hydrogen) atoms. The molecule has 0 aliphatic rings. The summed E-state index contributed by atoms with van der Waals surface area (Å²) in [6.07, 6.45) is 0. The summed E-state index contributed by atoms with van der Waals surface area (Å²) < 4.78 is 16.0. The second kappa shape index (κ2) is 5.13. The van der Waals surface area contributed by atoms with Crippen LogP contribution in [-0.4, -0.2) is 15.6 Å². The molecule has 1 aromatic heterocycles. The van der Waals surface area contributed by atoms with Gasteiger partial charge in [-0.15, -0.1) is 0 Å². The molecule has 1 heterocycles. The van der Waals surface area contributed by atoms with E-state index in [0.717, 1.165) is 21.4 Å². The highest BCUT2D eigenvalue weighted by Gasteiger charge is 2.12. The molecule has 6 heteroatoms. The summed E-state index contributed by atoms with van der Waals surface area (Å²) in [5.41, 5.74) is 8.54. The van der Waals surface area contributed by atoms with Crippen LogP contribution in [0, 0.1) is 25.1 Å². The Hall–Kier alpha value is -1.69. The number of nitrogens with one attached hydrogen (secondary N) is 1. The van der Waals surface area contributed by atoms with Crippen molar-refractivity contribution in [1.82, 2.24) is 9.78 Å². The first-order chi connectivity index (χ1) is 8.90. The predicted molar refractivity (Wildman–Crippen MR) is 75.9 cm³/mol. The van der Waals surface area contributed by atoms with Gasteiger partial charge in [0, 0.05) is 5.56 Å². The summed E-state index contributed by atoms with van der Waals surface area (Å²) in [5.74, 6) is -0.543. The molecular formula is C13H14BrFN4. The molecule has 0 aliphatic heterocycles. The molecule has 0 fully saturated rings. The molecular weight excluding hydrogens is 311 g/mol. The molecule has 0 unspecified atom stereocenters. The highest BCUT2D eigenvalue weighted by atomic mass is 79.9. The van der Waals surface area contributed by atoms with Crippen LogP contribution in [0.5, 0.6) is 0 Å². The molecule has 0 saturated heterocycles. The van der Waals surface area contributed by atoms with E-state index in [1.54, 1.807) is 10.7 Å². The maximum absolute atomic E-state index is 13.2. The van der Waals surface area contributed by atoms with Gasteiger partial charge < -0.3 is 5.73 Å². The van der Waals surface area contributed by atoms with Gasteiger partial charge in [-0.05, 0) is 47.5 Å². The Bertz CT molecular complexity index is 648. The summed E-state index contributed by atoms with van der Waals surface area (Å²) in [6.45, 7) is 4.30. The number of nitrogens with zero attached hydrogens (tertiary/aromatic N) is 2. The van der Waals surface area contributed by atoms with Gasteiger partial charge in [0.15, 0.2) is 0 Å². The van der Waals surface area contributed by atoms with Crippen molar-refractivity contribution in [2.24, 2.45) is 5.73 Å². The SMILES string of the molecule is Cc1nn(Cc2ccc(F)cc2C(=N)N)c(C)c1Br. The van der Waals surface area contributed by atoms with Crippen LogP contribution in [0.25, 0.3) is 0 Å². The maximum Gasteiger partial charge on any atom is 0.123 e. The third-order valence-electron chi connectivity index (χ3n) is 2.98. The Morgan fingerprint density at radius 1 is 1.47 bits per heavy atom. The quantitative estimate of drug-likeness (QED) is 0.673. The number of rotatable bonds is 3. The monoisotopic (exact) mass is 324 g/mol. The molecule has 1 aromatic carbocycles. The fourth-order valence-corrected chi connectivity index (χ4v) is 2.21. The van der Waals surface area contributed by atoms with Crippen molar-refractivity contribution in [3.8, 4) is 0 Å². The van der Waals surface area contributed by atoms with E-state index in [2.05, 4.69) is 21.0 Å². The second-order valence-corrected chi connectivity index (χ2v) is 5.15. The molecule has 4 nitrogen and oxygen atoms in total. The number of aromatic nitrogens is 2. The minimum atomic E-state index is -0.400. The minimum Gasteiger partial charge on any atom is -0.384 e. The van der Waals surface area contributed by atoms with Crippen molar-refractivity contribution in [3.05, 3.63) is 51.0 Å². The van der Waals surface area contributed by atoms with Gasteiger partial charge in [0.2, 0.25) is 0 Å². The van der Waals surface area contributed by atoms with E-state index >= 15 is 0 Å². The molecule has 0 amide bonds. The Balaban J connectivity index is 2.43. The zero-order valence-corrected chi connectivity index (χ0v) is 12.3. The highest BCUT2D eigenvalue weighted by Crippen LogP contribution is 2.21. The average Bonchev–Trinajstić information content (AvgIpc) is 2.59. The van der Waals surface area contributed by atoms with Crippen molar-refractivity contribution in [1.29, 1.82) is 5.41 Å². The standard InChI is InChI=1S/C13H14BrFN4/c1-7-12(14)8(2)19(18-7)6-9-3-4-10(15)5-11(9)13(16)17/h3-5H,6H2,1-2H3,(H3,16,17). The smallest absolute Gasteiger partial charge is 0.123 e. The van der Waals surface area contributed by atoms with Crippen LogP contribution in [0.1, 0.15) is 22.5 Å². The Morgan fingerprint density at radius 3 is 2.68 bits per heavy atom. The van der Waals surface area contributed by atoms with E-state index in [0.29, 0.717) is 12.1 Å². The van der Waals surface area contributed by atoms with E-state index in [1.807, 2.05) is 13.8 Å². The number of halogens is 2. The van der Waals surface area contributed by atoms with Gasteiger partial charge in [0.25, 0.3) is 0 Å². The van der Waals surface area contributed by atoms with Crippen molar-refractivity contribution in [2.45, 2.75) is 20.4 Å². The van der Waals surface area contributed by atoms with Crippen molar-refractivity contribution in [2.75, 3.05) is 0 Å². The summed E-state index contributed by atoms with van der Waals surface area (Å²) in [6, 6.07) is 4.28. The van der Waals surface area contributed by atoms with Crippen LogP contribution in [0.3, 0.4) is 0 Å². The first kappa shape index (κ1) is 13.7. The normalized spacial score (nSPS) is 10.7. The lowest BCUT2D eigenvalue weighted by molar-refractivity contribution is 0.621.